The lowest BCUT2D eigenvalue weighted by molar-refractivity contribution is -0.119. The number of ketones is 1. The maximum atomic E-state index is 12.2. The van der Waals surface area contributed by atoms with Gasteiger partial charge in [0, 0.05) is 43.2 Å². The van der Waals surface area contributed by atoms with Crippen molar-refractivity contribution in [2.75, 3.05) is 20.3 Å². The van der Waals surface area contributed by atoms with Crippen molar-refractivity contribution in [2.24, 2.45) is 0 Å². The summed E-state index contributed by atoms with van der Waals surface area (Å²) in [6.45, 7) is 4.10. The molecule has 35 heavy (non-hydrogen) atoms. The Hall–Kier alpha value is -1.81. The summed E-state index contributed by atoms with van der Waals surface area (Å²) in [5, 5.41) is 1.20. The van der Waals surface area contributed by atoms with E-state index in [4.69, 9.17) is 9.47 Å². The van der Waals surface area contributed by atoms with Gasteiger partial charge >= 0.3 is 0 Å². The predicted octanol–water partition coefficient (Wildman–Crippen LogP) is 8.96. The molecule has 4 heteroatoms. The normalized spacial score (nSPS) is 11.4. The van der Waals surface area contributed by atoms with Gasteiger partial charge in [-0.3, -0.25) is 4.79 Å². The van der Waals surface area contributed by atoms with Crippen LogP contribution < -0.4 is 4.74 Å². The molecule has 0 aliphatic rings. The van der Waals surface area contributed by atoms with Gasteiger partial charge in [0.1, 0.15) is 11.5 Å². The lowest BCUT2D eigenvalue weighted by Gasteiger charge is -2.05. The van der Waals surface area contributed by atoms with Crippen LogP contribution in [0.5, 0.6) is 5.75 Å². The van der Waals surface area contributed by atoms with E-state index in [1.54, 1.807) is 7.11 Å². The Bertz CT molecular complexity index is 798. The summed E-state index contributed by atoms with van der Waals surface area (Å²) in [7, 11) is 1.69. The Morgan fingerprint density at radius 1 is 0.771 bits per heavy atom. The van der Waals surface area contributed by atoms with Crippen molar-refractivity contribution in [1.82, 2.24) is 4.98 Å². The smallest absolute Gasteiger partial charge is 0.132 e. The molecule has 0 saturated heterocycles. The van der Waals surface area contributed by atoms with Crippen molar-refractivity contribution in [2.45, 2.75) is 122 Å². The number of aryl methyl sites for hydroxylation is 1. The van der Waals surface area contributed by atoms with E-state index in [0.29, 0.717) is 12.2 Å². The molecule has 0 aliphatic carbocycles. The van der Waals surface area contributed by atoms with Crippen LogP contribution >= 0.6 is 0 Å². The van der Waals surface area contributed by atoms with E-state index in [-0.39, 0.29) is 0 Å². The number of carbonyl (C=O) groups excluding carboxylic acids is 1. The maximum Gasteiger partial charge on any atom is 0.132 e. The molecule has 0 bridgehead atoms. The summed E-state index contributed by atoms with van der Waals surface area (Å²) < 4.78 is 11.1. The summed E-state index contributed by atoms with van der Waals surface area (Å²) in [6, 6.07) is 6.09. The molecule has 1 aromatic heterocycles. The molecule has 0 aliphatic heterocycles. The molecular weight excluding hydrogens is 434 g/mol. The van der Waals surface area contributed by atoms with E-state index in [9.17, 15) is 4.79 Å². The Labute approximate surface area is 214 Å². The van der Waals surface area contributed by atoms with Crippen LogP contribution in [0.3, 0.4) is 0 Å². The van der Waals surface area contributed by atoms with Gasteiger partial charge in [0.2, 0.25) is 0 Å². The number of rotatable bonds is 23. The quantitative estimate of drug-likeness (QED) is 0.160. The maximum absolute atomic E-state index is 12.2. The monoisotopic (exact) mass is 485 g/mol. The third-order valence-electron chi connectivity index (χ3n) is 7.01. The van der Waals surface area contributed by atoms with Crippen LogP contribution in [-0.4, -0.2) is 31.1 Å². The number of nitrogens with one attached hydrogen (secondary N) is 1. The number of aromatic amines is 1. The number of H-pyrrole nitrogens is 1. The van der Waals surface area contributed by atoms with E-state index < -0.39 is 0 Å². The van der Waals surface area contributed by atoms with Crippen LogP contribution in [-0.2, 0) is 16.0 Å². The number of aromatic nitrogens is 1. The minimum absolute atomic E-state index is 0.409. The van der Waals surface area contributed by atoms with Gasteiger partial charge < -0.3 is 14.5 Å². The van der Waals surface area contributed by atoms with Gasteiger partial charge in [-0.1, -0.05) is 77.6 Å². The Balaban J connectivity index is 1.35. The number of ether oxygens (including phenoxy) is 2. The number of hydrogen-bond acceptors (Lipinski definition) is 3. The first-order valence-electron chi connectivity index (χ1n) is 14.5. The average molecular weight is 486 g/mol. The lowest BCUT2D eigenvalue weighted by atomic mass is 10.0. The Morgan fingerprint density at radius 2 is 1.37 bits per heavy atom. The zero-order valence-corrected chi connectivity index (χ0v) is 22.7. The van der Waals surface area contributed by atoms with Crippen molar-refractivity contribution < 1.29 is 14.3 Å². The van der Waals surface area contributed by atoms with Crippen molar-refractivity contribution in [3.63, 3.8) is 0 Å². The SMILES string of the molecule is CCCCCCCCCCCOCCCCCCCC(=O)CCCc1c[nH]c2ccc(OC)cc12. The molecule has 0 amide bonds. The molecule has 1 heterocycles. The average Bonchev–Trinajstić information content (AvgIpc) is 3.28. The van der Waals surface area contributed by atoms with Crippen LogP contribution in [0.2, 0.25) is 0 Å². The minimum Gasteiger partial charge on any atom is -0.497 e. The van der Waals surface area contributed by atoms with E-state index in [1.165, 1.54) is 81.6 Å². The fourth-order valence-corrected chi connectivity index (χ4v) is 4.77. The summed E-state index contributed by atoms with van der Waals surface area (Å²) in [4.78, 5) is 15.6. The number of methoxy groups -OCH3 is 1. The van der Waals surface area contributed by atoms with Crippen LogP contribution in [0.15, 0.2) is 24.4 Å². The fraction of sp³-hybridized carbons (Fsp3) is 0.710. The van der Waals surface area contributed by atoms with Crippen molar-refractivity contribution in [1.29, 1.82) is 0 Å². The number of benzene rings is 1. The third kappa shape index (κ3) is 13.2. The highest BCUT2D eigenvalue weighted by atomic mass is 16.5. The van der Waals surface area contributed by atoms with Gasteiger partial charge in [-0.15, -0.1) is 0 Å². The van der Waals surface area contributed by atoms with Gasteiger partial charge in [-0.2, -0.15) is 0 Å². The second-order valence-corrected chi connectivity index (χ2v) is 10.1. The van der Waals surface area contributed by atoms with Gasteiger partial charge in [0.15, 0.2) is 0 Å². The number of fused-ring (bicyclic) bond motifs is 1. The molecule has 198 valence electrons. The Kier molecular flexibility index (Phi) is 16.3. The first kappa shape index (κ1) is 29.4. The minimum atomic E-state index is 0.409. The number of hydrogen-bond donors (Lipinski definition) is 1. The van der Waals surface area contributed by atoms with Crippen LogP contribution in [0.1, 0.15) is 122 Å². The molecule has 1 N–H and O–H groups in total. The van der Waals surface area contributed by atoms with Crippen LogP contribution in [0.25, 0.3) is 10.9 Å². The number of carbonyl (C=O) groups is 1. The summed E-state index contributed by atoms with van der Waals surface area (Å²) in [5.74, 6) is 1.28. The van der Waals surface area contributed by atoms with Crippen LogP contribution in [0, 0.1) is 0 Å². The van der Waals surface area contributed by atoms with Gasteiger partial charge in [0.25, 0.3) is 0 Å². The highest BCUT2D eigenvalue weighted by Gasteiger charge is 2.07. The van der Waals surface area contributed by atoms with E-state index >= 15 is 0 Å². The molecule has 1 aromatic carbocycles. The molecule has 0 saturated carbocycles. The third-order valence-corrected chi connectivity index (χ3v) is 7.01. The van der Waals surface area contributed by atoms with Gasteiger partial charge in [-0.05, 0) is 55.9 Å². The van der Waals surface area contributed by atoms with Gasteiger partial charge in [0.05, 0.1) is 7.11 Å². The second kappa shape index (κ2) is 19.4. The first-order chi connectivity index (χ1) is 17.2. The zero-order chi connectivity index (χ0) is 25.0. The van der Waals surface area contributed by atoms with Gasteiger partial charge in [-0.25, -0.2) is 0 Å². The summed E-state index contributed by atoms with van der Waals surface area (Å²) in [6.07, 6.45) is 23.4. The highest BCUT2D eigenvalue weighted by Crippen LogP contribution is 2.25. The molecule has 4 nitrogen and oxygen atoms in total. The van der Waals surface area contributed by atoms with Crippen molar-refractivity contribution >= 4 is 16.7 Å². The molecule has 0 spiro atoms. The van der Waals surface area contributed by atoms with E-state index in [2.05, 4.69) is 24.2 Å². The first-order valence-corrected chi connectivity index (χ1v) is 14.5. The summed E-state index contributed by atoms with van der Waals surface area (Å²) >= 11 is 0. The largest absolute Gasteiger partial charge is 0.497 e. The molecule has 0 atom stereocenters. The highest BCUT2D eigenvalue weighted by molar-refractivity contribution is 5.84. The predicted molar refractivity (Wildman–Crippen MR) is 149 cm³/mol. The standard InChI is InChI=1S/C31H51NO3/c1-3-4-5-6-7-8-9-12-15-23-35-24-16-13-10-11-14-19-28(33)20-17-18-27-26-32-31-22-21-29(34-2)25-30(27)31/h21-22,25-26,32H,3-20,23-24H2,1-2H3. The molecule has 2 aromatic rings. The lowest BCUT2D eigenvalue weighted by Crippen LogP contribution is -1.99. The molecular formula is C31H51NO3. The molecule has 0 unspecified atom stereocenters. The molecule has 2 rings (SSSR count). The van der Waals surface area contributed by atoms with E-state index in [1.807, 2.05) is 12.1 Å². The number of unbranched alkanes of at least 4 members (excludes halogenated alkanes) is 12. The Morgan fingerprint density at radius 3 is 2.03 bits per heavy atom. The molecule has 0 fully saturated rings. The van der Waals surface area contributed by atoms with Crippen molar-refractivity contribution in [3.05, 3.63) is 30.0 Å². The summed E-state index contributed by atoms with van der Waals surface area (Å²) in [5.41, 5.74) is 2.40. The number of Topliss-reactive ketones (excluding diaryl/α,β-unsaturated/α-hetero) is 1. The topological polar surface area (TPSA) is 51.3 Å². The fourth-order valence-electron chi connectivity index (χ4n) is 4.77. The van der Waals surface area contributed by atoms with E-state index in [0.717, 1.165) is 63.0 Å². The molecule has 0 radical (unpaired) electrons. The zero-order valence-electron chi connectivity index (χ0n) is 22.7. The second-order valence-electron chi connectivity index (χ2n) is 10.1. The van der Waals surface area contributed by atoms with Crippen molar-refractivity contribution in [3.8, 4) is 5.75 Å². The van der Waals surface area contributed by atoms with Crippen LogP contribution in [0.4, 0.5) is 0 Å².